The number of aromatic hydroxyl groups is 1. The van der Waals surface area contributed by atoms with E-state index in [1.807, 2.05) is 0 Å². The number of nitrogens with zero attached hydrogens (tertiary/aromatic N) is 5. The first-order chi connectivity index (χ1) is 9.65. The minimum absolute atomic E-state index is 0.144. The predicted octanol–water partition coefficient (Wildman–Crippen LogP) is 0.158. The van der Waals surface area contributed by atoms with Crippen LogP contribution in [-0.4, -0.2) is 43.2 Å². The topological polar surface area (TPSA) is 105 Å². The Hall–Kier alpha value is -2.42. The van der Waals surface area contributed by atoms with Crippen molar-refractivity contribution in [1.82, 2.24) is 25.6 Å². The van der Waals surface area contributed by atoms with Gasteiger partial charge in [0.1, 0.15) is 5.75 Å². The van der Waals surface area contributed by atoms with Crippen LogP contribution in [0.25, 0.3) is 0 Å². The summed E-state index contributed by atoms with van der Waals surface area (Å²) in [5.74, 6) is 0.0333. The van der Waals surface area contributed by atoms with Gasteiger partial charge in [0.15, 0.2) is 0 Å². The van der Waals surface area contributed by atoms with E-state index in [2.05, 4.69) is 26.1 Å². The Kier molecular flexibility index (Phi) is 4.66. The zero-order valence-corrected chi connectivity index (χ0v) is 11.4. The Morgan fingerprint density at radius 3 is 3.15 bits per heavy atom. The first kappa shape index (κ1) is 14.0. The van der Waals surface area contributed by atoms with E-state index in [-0.39, 0.29) is 17.4 Å². The number of rotatable bonds is 5. The summed E-state index contributed by atoms with van der Waals surface area (Å²) < 4.78 is 1.48. The molecule has 2 rings (SSSR count). The van der Waals surface area contributed by atoms with E-state index in [1.165, 1.54) is 28.7 Å². The molecule has 20 heavy (non-hydrogen) atoms. The number of phenolic OH excluding ortho intramolecular Hbond substituents is 1. The summed E-state index contributed by atoms with van der Waals surface area (Å²) in [4.78, 5) is 11.5. The molecule has 1 heterocycles. The number of aryl methyl sites for hydroxylation is 1. The third kappa shape index (κ3) is 4.05. The Labute approximate surface area is 118 Å². The van der Waals surface area contributed by atoms with Gasteiger partial charge in [-0.25, -0.2) is 10.1 Å². The largest absolute Gasteiger partial charge is 0.508 e. The van der Waals surface area contributed by atoms with Crippen LogP contribution in [0.1, 0.15) is 5.56 Å². The Bertz CT molecular complexity index is 627. The number of carbonyl (C=O) groups excluding carboxylic acids is 1. The zero-order valence-electron chi connectivity index (χ0n) is 10.6. The summed E-state index contributed by atoms with van der Waals surface area (Å²) in [6.07, 6.45) is 1.45. The molecule has 2 N–H and O–H groups in total. The van der Waals surface area contributed by atoms with Gasteiger partial charge in [0, 0.05) is 7.05 Å². The van der Waals surface area contributed by atoms with Gasteiger partial charge in [0.2, 0.25) is 5.16 Å². The average Bonchev–Trinajstić information content (AvgIpc) is 2.82. The van der Waals surface area contributed by atoms with Crippen LogP contribution in [0.2, 0.25) is 0 Å². The van der Waals surface area contributed by atoms with E-state index in [4.69, 9.17) is 0 Å². The summed E-state index contributed by atoms with van der Waals surface area (Å²) in [7, 11) is 1.69. The molecule has 0 spiro atoms. The quantitative estimate of drug-likeness (QED) is 0.462. The molecule has 0 aliphatic heterocycles. The number of hydrogen-bond donors (Lipinski definition) is 2. The summed E-state index contributed by atoms with van der Waals surface area (Å²) in [5.41, 5.74) is 3.07. The fraction of sp³-hybridized carbons (Fsp3) is 0.182. The smallest absolute Gasteiger partial charge is 0.250 e. The summed E-state index contributed by atoms with van der Waals surface area (Å²) >= 11 is 1.21. The first-order valence-corrected chi connectivity index (χ1v) is 6.60. The monoisotopic (exact) mass is 292 g/mol. The molecule has 0 saturated heterocycles. The van der Waals surface area contributed by atoms with Gasteiger partial charge in [-0.1, -0.05) is 23.9 Å². The van der Waals surface area contributed by atoms with Gasteiger partial charge >= 0.3 is 0 Å². The highest BCUT2D eigenvalue weighted by molar-refractivity contribution is 7.99. The molecule has 1 amide bonds. The number of phenols is 1. The molecule has 9 heteroatoms. The molecule has 0 atom stereocenters. The lowest BCUT2D eigenvalue weighted by Crippen LogP contribution is -2.19. The van der Waals surface area contributed by atoms with E-state index in [0.29, 0.717) is 10.7 Å². The molecule has 0 unspecified atom stereocenters. The van der Waals surface area contributed by atoms with Gasteiger partial charge in [-0.15, -0.1) is 5.10 Å². The van der Waals surface area contributed by atoms with Crippen molar-refractivity contribution in [2.45, 2.75) is 5.16 Å². The van der Waals surface area contributed by atoms with Gasteiger partial charge in [0.25, 0.3) is 5.91 Å². The van der Waals surface area contributed by atoms with E-state index in [0.717, 1.165) is 0 Å². The molecule has 1 aromatic heterocycles. The molecule has 1 aromatic carbocycles. The molecular formula is C11H12N6O2S. The van der Waals surface area contributed by atoms with Gasteiger partial charge in [-0.3, -0.25) is 4.79 Å². The molecule has 104 valence electrons. The van der Waals surface area contributed by atoms with E-state index >= 15 is 0 Å². The first-order valence-electron chi connectivity index (χ1n) is 5.61. The lowest BCUT2D eigenvalue weighted by atomic mass is 10.2. The number of amides is 1. The number of nitrogens with one attached hydrogen (secondary N) is 1. The van der Waals surface area contributed by atoms with Crippen molar-refractivity contribution in [3.63, 3.8) is 0 Å². The second-order valence-electron chi connectivity index (χ2n) is 3.76. The minimum atomic E-state index is -0.269. The van der Waals surface area contributed by atoms with Crippen LogP contribution in [0.3, 0.4) is 0 Å². The summed E-state index contributed by atoms with van der Waals surface area (Å²) in [6.45, 7) is 0. The molecule has 0 saturated carbocycles. The van der Waals surface area contributed by atoms with Crippen molar-refractivity contribution in [2.75, 3.05) is 5.75 Å². The van der Waals surface area contributed by atoms with Crippen molar-refractivity contribution in [3.8, 4) is 5.75 Å². The number of hydrogen-bond acceptors (Lipinski definition) is 7. The highest BCUT2D eigenvalue weighted by atomic mass is 32.2. The number of carbonyl (C=O) groups is 1. The van der Waals surface area contributed by atoms with Gasteiger partial charge in [0.05, 0.1) is 12.0 Å². The van der Waals surface area contributed by atoms with Crippen LogP contribution in [0.5, 0.6) is 5.75 Å². The predicted molar refractivity (Wildman–Crippen MR) is 73.4 cm³/mol. The Morgan fingerprint density at radius 1 is 1.60 bits per heavy atom. The van der Waals surface area contributed by atoms with Crippen molar-refractivity contribution in [2.24, 2.45) is 12.1 Å². The SMILES string of the molecule is Cn1nnnc1SCC(=O)N/N=C/c1cccc(O)c1. The average molecular weight is 292 g/mol. The Balaban J connectivity index is 1.79. The van der Waals surface area contributed by atoms with Gasteiger partial charge < -0.3 is 5.11 Å². The second kappa shape index (κ2) is 6.66. The van der Waals surface area contributed by atoms with E-state index in [9.17, 15) is 9.90 Å². The molecule has 8 nitrogen and oxygen atoms in total. The Morgan fingerprint density at radius 2 is 2.45 bits per heavy atom. The second-order valence-corrected chi connectivity index (χ2v) is 4.70. The lowest BCUT2D eigenvalue weighted by molar-refractivity contribution is -0.118. The molecular weight excluding hydrogens is 280 g/mol. The zero-order chi connectivity index (χ0) is 14.4. The maximum atomic E-state index is 11.5. The van der Waals surface area contributed by atoms with Gasteiger partial charge in [-0.2, -0.15) is 5.10 Å². The number of benzene rings is 1. The fourth-order valence-corrected chi connectivity index (χ4v) is 1.93. The maximum absolute atomic E-state index is 11.5. The number of hydrazone groups is 1. The van der Waals surface area contributed by atoms with Crippen LogP contribution in [0.15, 0.2) is 34.5 Å². The molecule has 0 aliphatic rings. The van der Waals surface area contributed by atoms with Crippen LogP contribution in [0.4, 0.5) is 0 Å². The summed E-state index contributed by atoms with van der Waals surface area (Å²) in [6, 6.07) is 6.54. The highest BCUT2D eigenvalue weighted by Gasteiger charge is 2.06. The van der Waals surface area contributed by atoms with Crippen LogP contribution < -0.4 is 5.43 Å². The number of thioether (sulfide) groups is 1. The lowest BCUT2D eigenvalue weighted by Gasteiger charge is -1.99. The van der Waals surface area contributed by atoms with Crippen LogP contribution >= 0.6 is 11.8 Å². The molecule has 0 fully saturated rings. The normalized spacial score (nSPS) is 10.8. The van der Waals surface area contributed by atoms with E-state index < -0.39 is 0 Å². The molecule has 2 aromatic rings. The van der Waals surface area contributed by atoms with Crippen molar-refractivity contribution >= 4 is 23.9 Å². The van der Waals surface area contributed by atoms with Crippen molar-refractivity contribution in [1.29, 1.82) is 0 Å². The van der Waals surface area contributed by atoms with Gasteiger partial charge in [-0.05, 0) is 28.1 Å². The number of aromatic nitrogens is 4. The molecule has 0 aliphatic carbocycles. The van der Waals surface area contributed by atoms with Crippen molar-refractivity contribution in [3.05, 3.63) is 29.8 Å². The summed E-state index contributed by atoms with van der Waals surface area (Å²) in [5, 5.41) is 24.5. The third-order valence-electron chi connectivity index (χ3n) is 2.19. The standard InChI is InChI=1S/C11H12N6O2S/c1-17-11(14-15-16-17)20-7-10(19)13-12-6-8-3-2-4-9(18)5-8/h2-6,18H,7H2,1H3,(H,13,19)/b12-6+. The maximum Gasteiger partial charge on any atom is 0.250 e. The molecule has 0 bridgehead atoms. The minimum Gasteiger partial charge on any atom is -0.508 e. The van der Waals surface area contributed by atoms with Crippen LogP contribution in [-0.2, 0) is 11.8 Å². The fourth-order valence-electron chi connectivity index (χ4n) is 1.29. The van der Waals surface area contributed by atoms with E-state index in [1.54, 1.807) is 25.2 Å². The number of tetrazole rings is 1. The molecule has 0 radical (unpaired) electrons. The highest BCUT2D eigenvalue weighted by Crippen LogP contribution is 2.11. The van der Waals surface area contributed by atoms with Crippen molar-refractivity contribution < 1.29 is 9.90 Å². The van der Waals surface area contributed by atoms with Crippen LogP contribution in [0, 0.1) is 0 Å². The third-order valence-corrected chi connectivity index (χ3v) is 3.20.